The van der Waals surface area contributed by atoms with Gasteiger partial charge in [0.1, 0.15) is 11.4 Å². The topological polar surface area (TPSA) is 65.2 Å². The van der Waals surface area contributed by atoms with Crippen LogP contribution < -0.4 is 10.5 Å². The number of hydrogen-bond donors (Lipinski definition) is 1. The number of hydrogen-bond acceptors (Lipinski definition) is 3. The molecule has 0 aliphatic rings. The molecule has 0 saturated carbocycles. The molecule has 92 valence electrons. The highest BCUT2D eigenvalue weighted by atomic mass is 16.5. The van der Waals surface area contributed by atoms with E-state index in [-0.39, 0.29) is 5.69 Å². The summed E-state index contributed by atoms with van der Waals surface area (Å²) in [4.78, 5) is 15.4. The molecule has 0 spiro atoms. The number of pyridine rings is 1. The summed E-state index contributed by atoms with van der Waals surface area (Å²) >= 11 is 0. The molecule has 0 radical (unpaired) electrons. The predicted molar refractivity (Wildman–Crippen MR) is 69.4 cm³/mol. The van der Waals surface area contributed by atoms with Crippen LogP contribution in [0.15, 0.2) is 42.5 Å². The van der Waals surface area contributed by atoms with Crippen molar-refractivity contribution in [1.82, 2.24) is 4.98 Å². The maximum Gasteiger partial charge on any atom is 0.267 e. The van der Waals surface area contributed by atoms with Crippen molar-refractivity contribution < 1.29 is 9.53 Å². The zero-order chi connectivity index (χ0) is 13.0. The van der Waals surface area contributed by atoms with Gasteiger partial charge in [-0.05, 0) is 31.2 Å². The highest BCUT2D eigenvalue weighted by Crippen LogP contribution is 2.28. The summed E-state index contributed by atoms with van der Waals surface area (Å²) in [6.07, 6.45) is 0. The molecule has 2 rings (SSSR count). The lowest BCUT2D eigenvalue weighted by Gasteiger charge is -2.09. The van der Waals surface area contributed by atoms with Gasteiger partial charge in [0.25, 0.3) is 5.91 Å². The molecule has 0 bridgehead atoms. The van der Waals surface area contributed by atoms with E-state index in [2.05, 4.69) is 4.98 Å². The third-order valence-corrected chi connectivity index (χ3v) is 2.46. The zero-order valence-corrected chi connectivity index (χ0v) is 10.1. The Labute approximate surface area is 105 Å². The number of para-hydroxylation sites is 1. The third-order valence-electron chi connectivity index (χ3n) is 2.46. The average Bonchev–Trinajstić information content (AvgIpc) is 2.40. The van der Waals surface area contributed by atoms with Crippen molar-refractivity contribution >= 4 is 5.91 Å². The molecule has 1 heterocycles. The SMILES string of the molecule is CCOc1ccccc1-c1cccc(C(N)=O)n1. The van der Waals surface area contributed by atoms with E-state index in [1.807, 2.05) is 37.3 Å². The van der Waals surface area contributed by atoms with Crippen molar-refractivity contribution in [3.05, 3.63) is 48.2 Å². The first kappa shape index (κ1) is 12.1. The van der Waals surface area contributed by atoms with Crippen LogP contribution in [-0.2, 0) is 0 Å². The molecular weight excluding hydrogens is 228 g/mol. The van der Waals surface area contributed by atoms with Gasteiger partial charge in [0.05, 0.1) is 12.3 Å². The van der Waals surface area contributed by atoms with E-state index < -0.39 is 5.91 Å². The Morgan fingerprint density at radius 3 is 2.72 bits per heavy atom. The van der Waals surface area contributed by atoms with E-state index in [0.717, 1.165) is 11.3 Å². The monoisotopic (exact) mass is 242 g/mol. The Hall–Kier alpha value is -2.36. The third kappa shape index (κ3) is 2.48. The zero-order valence-electron chi connectivity index (χ0n) is 10.1. The first-order chi connectivity index (χ1) is 8.72. The summed E-state index contributed by atoms with van der Waals surface area (Å²) in [6.45, 7) is 2.50. The minimum absolute atomic E-state index is 0.249. The number of benzene rings is 1. The molecule has 0 unspecified atom stereocenters. The molecule has 1 aromatic carbocycles. The van der Waals surface area contributed by atoms with Crippen LogP contribution in [0.4, 0.5) is 0 Å². The number of nitrogens with two attached hydrogens (primary N) is 1. The minimum Gasteiger partial charge on any atom is -0.493 e. The normalized spacial score (nSPS) is 10.1. The summed E-state index contributed by atoms with van der Waals surface area (Å²) in [7, 11) is 0. The number of rotatable bonds is 4. The Morgan fingerprint density at radius 2 is 2.00 bits per heavy atom. The van der Waals surface area contributed by atoms with Crippen LogP contribution in [0.2, 0.25) is 0 Å². The van der Waals surface area contributed by atoms with Crippen molar-refractivity contribution in [2.45, 2.75) is 6.92 Å². The fourth-order valence-electron chi connectivity index (χ4n) is 1.68. The largest absolute Gasteiger partial charge is 0.493 e. The van der Waals surface area contributed by atoms with Crippen molar-refractivity contribution in [2.75, 3.05) is 6.61 Å². The molecule has 0 aliphatic heterocycles. The van der Waals surface area contributed by atoms with Gasteiger partial charge in [-0.3, -0.25) is 4.79 Å². The first-order valence-corrected chi connectivity index (χ1v) is 5.71. The first-order valence-electron chi connectivity index (χ1n) is 5.71. The van der Waals surface area contributed by atoms with Gasteiger partial charge >= 0.3 is 0 Å². The van der Waals surface area contributed by atoms with Gasteiger partial charge < -0.3 is 10.5 Å². The standard InChI is InChI=1S/C14H14N2O2/c1-2-18-13-9-4-3-6-10(13)11-7-5-8-12(16-11)14(15)17/h3-9H,2H2,1H3,(H2,15,17). The number of nitrogens with zero attached hydrogens (tertiary/aromatic N) is 1. The number of carbonyl (C=O) groups is 1. The lowest BCUT2D eigenvalue weighted by atomic mass is 10.1. The van der Waals surface area contributed by atoms with Crippen LogP contribution in [0, 0.1) is 0 Å². The van der Waals surface area contributed by atoms with E-state index in [0.29, 0.717) is 12.3 Å². The fraction of sp³-hybridized carbons (Fsp3) is 0.143. The molecule has 1 aromatic heterocycles. The van der Waals surface area contributed by atoms with Crippen LogP contribution in [-0.4, -0.2) is 17.5 Å². The summed E-state index contributed by atoms with van der Waals surface area (Å²) in [5.74, 6) is 0.208. The number of ether oxygens (including phenoxy) is 1. The molecule has 0 atom stereocenters. The summed E-state index contributed by atoms with van der Waals surface area (Å²) < 4.78 is 5.54. The van der Waals surface area contributed by atoms with Crippen LogP contribution in [0.3, 0.4) is 0 Å². The van der Waals surface area contributed by atoms with Crippen LogP contribution >= 0.6 is 0 Å². The van der Waals surface area contributed by atoms with Gasteiger partial charge in [-0.1, -0.05) is 18.2 Å². The average molecular weight is 242 g/mol. The van der Waals surface area contributed by atoms with E-state index in [4.69, 9.17) is 10.5 Å². The maximum absolute atomic E-state index is 11.1. The molecule has 4 heteroatoms. The smallest absolute Gasteiger partial charge is 0.267 e. The second-order valence-electron chi connectivity index (χ2n) is 3.70. The van der Waals surface area contributed by atoms with Gasteiger partial charge in [-0.2, -0.15) is 0 Å². The second-order valence-corrected chi connectivity index (χ2v) is 3.70. The van der Waals surface area contributed by atoms with Gasteiger partial charge in [-0.15, -0.1) is 0 Å². The predicted octanol–water partition coefficient (Wildman–Crippen LogP) is 2.25. The van der Waals surface area contributed by atoms with Crippen LogP contribution in [0.1, 0.15) is 17.4 Å². The van der Waals surface area contributed by atoms with Gasteiger partial charge in [0.15, 0.2) is 0 Å². The maximum atomic E-state index is 11.1. The Bertz CT molecular complexity index is 567. The fourth-order valence-corrected chi connectivity index (χ4v) is 1.68. The molecule has 0 saturated heterocycles. The summed E-state index contributed by atoms with van der Waals surface area (Å²) in [5.41, 5.74) is 7.00. The Morgan fingerprint density at radius 1 is 1.22 bits per heavy atom. The molecule has 0 aliphatic carbocycles. The highest BCUT2D eigenvalue weighted by Gasteiger charge is 2.09. The van der Waals surface area contributed by atoms with Crippen molar-refractivity contribution in [2.24, 2.45) is 5.73 Å². The summed E-state index contributed by atoms with van der Waals surface area (Å²) in [5, 5.41) is 0. The van der Waals surface area contributed by atoms with Gasteiger partial charge in [-0.25, -0.2) is 4.98 Å². The molecule has 2 N–H and O–H groups in total. The molecule has 2 aromatic rings. The van der Waals surface area contributed by atoms with Crippen molar-refractivity contribution in [1.29, 1.82) is 0 Å². The van der Waals surface area contributed by atoms with E-state index in [1.54, 1.807) is 12.1 Å². The Kier molecular flexibility index (Phi) is 3.57. The number of primary amides is 1. The van der Waals surface area contributed by atoms with Crippen molar-refractivity contribution in [3.63, 3.8) is 0 Å². The lowest BCUT2D eigenvalue weighted by molar-refractivity contribution is 0.0995. The lowest BCUT2D eigenvalue weighted by Crippen LogP contribution is -2.13. The number of aromatic nitrogens is 1. The summed E-state index contributed by atoms with van der Waals surface area (Å²) in [6, 6.07) is 12.7. The van der Waals surface area contributed by atoms with E-state index in [1.165, 1.54) is 0 Å². The number of amides is 1. The number of carbonyl (C=O) groups excluding carboxylic acids is 1. The molecule has 18 heavy (non-hydrogen) atoms. The minimum atomic E-state index is -0.536. The van der Waals surface area contributed by atoms with Crippen molar-refractivity contribution in [3.8, 4) is 17.0 Å². The Balaban J connectivity index is 2.48. The van der Waals surface area contributed by atoms with Crippen LogP contribution in [0.5, 0.6) is 5.75 Å². The van der Waals surface area contributed by atoms with Gasteiger partial charge in [0.2, 0.25) is 0 Å². The quantitative estimate of drug-likeness (QED) is 0.894. The molecule has 4 nitrogen and oxygen atoms in total. The van der Waals surface area contributed by atoms with Gasteiger partial charge in [0, 0.05) is 5.56 Å². The van der Waals surface area contributed by atoms with E-state index >= 15 is 0 Å². The molecule has 1 amide bonds. The van der Waals surface area contributed by atoms with Crippen LogP contribution in [0.25, 0.3) is 11.3 Å². The molecule has 0 fully saturated rings. The molecular formula is C14H14N2O2. The highest BCUT2D eigenvalue weighted by molar-refractivity contribution is 5.91. The second kappa shape index (κ2) is 5.31. The van der Waals surface area contributed by atoms with E-state index in [9.17, 15) is 4.79 Å².